The van der Waals surface area contributed by atoms with Crippen molar-refractivity contribution in [1.82, 2.24) is 9.97 Å². The summed E-state index contributed by atoms with van der Waals surface area (Å²) in [5.41, 5.74) is 1.33. The lowest BCUT2D eigenvalue weighted by Gasteiger charge is -2.07. The van der Waals surface area contributed by atoms with Gasteiger partial charge in [0.25, 0.3) is 5.91 Å². The number of halogens is 2. The van der Waals surface area contributed by atoms with Crippen molar-refractivity contribution in [2.24, 2.45) is 0 Å². The highest BCUT2D eigenvalue weighted by Gasteiger charge is 2.09. The molecule has 0 spiro atoms. The fourth-order valence-corrected chi connectivity index (χ4v) is 2.09. The highest BCUT2D eigenvalue weighted by molar-refractivity contribution is 6.02. The zero-order chi connectivity index (χ0) is 17.6. The van der Waals surface area contributed by atoms with Crippen molar-refractivity contribution in [3.8, 4) is 0 Å². The van der Waals surface area contributed by atoms with Crippen LogP contribution in [0.4, 0.5) is 20.3 Å². The topological polar surface area (TPSA) is 66.9 Å². The average molecular weight is 340 g/mol. The molecular formula is C18H14F2N4O. The Morgan fingerprint density at radius 1 is 0.960 bits per heavy atom. The predicted octanol–water partition coefficient (Wildman–Crippen LogP) is 3.62. The van der Waals surface area contributed by atoms with Crippen molar-refractivity contribution in [3.63, 3.8) is 0 Å². The smallest absolute Gasteiger partial charge is 0.275 e. The van der Waals surface area contributed by atoms with Crippen molar-refractivity contribution in [2.45, 2.75) is 6.54 Å². The molecule has 0 aliphatic heterocycles. The number of carbonyl (C=O) groups is 1. The molecule has 1 amide bonds. The van der Waals surface area contributed by atoms with E-state index in [1.807, 2.05) is 0 Å². The third-order valence-corrected chi connectivity index (χ3v) is 3.35. The molecule has 0 radical (unpaired) electrons. The maximum Gasteiger partial charge on any atom is 0.275 e. The SMILES string of the molecule is O=C(Nc1cccc(F)c1)c1cnc(NCc2ccc(F)cc2)cn1. The van der Waals surface area contributed by atoms with Crippen molar-refractivity contribution < 1.29 is 13.6 Å². The standard InChI is InChI=1S/C18H14F2N4O/c19-13-6-4-12(5-7-13)9-22-17-11-21-16(10-23-17)18(25)24-15-3-1-2-14(20)8-15/h1-8,10-11H,9H2,(H,22,23)(H,24,25). The van der Waals surface area contributed by atoms with Crippen LogP contribution in [0.25, 0.3) is 0 Å². The summed E-state index contributed by atoms with van der Waals surface area (Å²) in [7, 11) is 0. The second-order valence-corrected chi connectivity index (χ2v) is 5.23. The quantitative estimate of drug-likeness (QED) is 0.744. The Labute approximate surface area is 142 Å². The second kappa shape index (κ2) is 7.48. The maximum atomic E-state index is 13.1. The number of benzene rings is 2. The molecule has 0 aliphatic rings. The fourth-order valence-electron chi connectivity index (χ4n) is 2.09. The minimum absolute atomic E-state index is 0.108. The van der Waals surface area contributed by atoms with Gasteiger partial charge in [-0.1, -0.05) is 18.2 Å². The van der Waals surface area contributed by atoms with Gasteiger partial charge < -0.3 is 10.6 Å². The van der Waals surface area contributed by atoms with Gasteiger partial charge in [0.15, 0.2) is 0 Å². The Bertz CT molecular complexity index is 867. The molecular weight excluding hydrogens is 326 g/mol. The van der Waals surface area contributed by atoms with E-state index in [1.54, 1.807) is 18.2 Å². The number of aromatic nitrogens is 2. The number of nitrogens with one attached hydrogen (secondary N) is 2. The molecule has 0 saturated carbocycles. The van der Waals surface area contributed by atoms with Crippen molar-refractivity contribution in [3.05, 3.63) is 83.8 Å². The van der Waals surface area contributed by atoms with Gasteiger partial charge in [-0.3, -0.25) is 4.79 Å². The Hall–Kier alpha value is -3.35. The third kappa shape index (κ3) is 4.57. The van der Waals surface area contributed by atoms with Crippen LogP contribution in [0.5, 0.6) is 0 Å². The Kier molecular flexibility index (Phi) is 4.94. The lowest BCUT2D eigenvalue weighted by atomic mass is 10.2. The largest absolute Gasteiger partial charge is 0.365 e. The second-order valence-electron chi connectivity index (χ2n) is 5.23. The first-order valence-electron chi connectivity index (χ1n) is 7.47. The van der Waals surface area contributed by atoms with E-state index in [2.05, 4.69) is 20.6 Å². The van der Waals surface area contributed by atoms with E-state index in [0.717, 1.165) is 5.56 Å². The van der Waals surface area contributed by atoms with E-state index in [1.165, 1.54) is 42.7 Å². The van der Waals surface area contributed by atoms with E-state index in [0.29, 0.717) is 18.1 Å². The van der Waals surface area contributed by atoms with Crippen LogP contribution in [-0.4, -0.2) is 15.9 Å². The molecule has 2 N–H and O–H groups in total. The average Bonchev–Trinajstić information content (AvgIpc) is 2.62. The summed E-state index contributed by atoms with van der Waals surface area (Å²) < 4.78 is 26.0. The van der Waals surface area contributed by atoms with Crippen LogP contribution in [0.2, 0.25) is 0 Å². The Morgan fingerprint density at radius 3 is 2.44 bits per heavy atom. The molecule has 0 unspecified atom stereocenters. The molecule has 0 fully saturated rings. The third-order valence-electron chi connectivity index (χ3n) is 3.35. The minimum atomic E-state index is -0.483. The first-order valence-corrected chi connectivity index (χ1v) is 7.47. The van der Waals surface area contributed by atoms with E-state index >= 15 is 0 Å². The van der Waals surface area contributed by atoms with Crippen molar-refractivity contribution >= 4 is 17.4 Å². The lowest BCUT2D eigenvalue weighted by molar-refractivity contribution is 0.102. The van der Waals surface area contributed by atoms with Gasteiger partial charge in [-0.05, 0) is 35.9 Å². The molecule has 0 aliphatic carbocycles. The van der Waals surface area contributed by atoms with E-state index in [4.69, 9.17) is 0 Å². The normalized spacial score (nSPS) is 10.3. The Morgan fingerprint density at radius 2 is 1.76 bits per heavy atom. The summed E-state index contributed by atoms with van der Waals surface area (Å²) in [6, 6.07) is 11.7. The van der Waals surface area contributed by atoms with Crippen LogP contribution in [0.3, 0.4) is 0 Å². The molecule has 3 aromatic rings. The fraction of sp³-hybridized carbons (Fsp3) is 0.0556. The van der Waals surface area contributed by atoms with E-state index in [-0.39, 0.29) is 11.5 Å². The zero-order valence-electron chi connectivity index (χ0n) is 13.0. The highest BCUT2D eigenvalue weighted by Crippen LogP contribution is 2.11. The van der Waals surface area contributed by atoms with Crippen LogP contribution in [-0.2, 0) is 6.54 Å². The van der Waals surface area contributed by atoms with Crippen molar-refractivity contribution in [2.75, 3.05) is 10.6 Å². The van der Waals surface area contributed by atoms with Crippen LogP contribution >= 0.6 is 0 Å². The lowest BCUT2D eigenvalue weighted by Crippen LogP contribution is -2.14. The van der Waals surface area contributed by atoms with Crippen LogP contribution in [0, 0.1) is 11.6 Å². The molecule has 5 nitrogen and oxygen atoms in total. The van der Waals surface area contributed by atoms with Crippen LogP contribution < -0.4 is 10.6 Å². The van der Waals surface area contributed by atoms with Gasteiger partial charge >= 0.3 is 0 Å². The molecule has 126 valence electrons. The monoisotopic (exact) mass is 340 g/mol. The number of carbonyl (C=O) groups excluding carboxylic acids is 1. The molecule has 1 heterocycles. The number of nitrogens with zero attached hydrogens (tertiary/aromatic N) is 2. The van der Waals surface area contributed by atoms with Crippen LogP contribution in [0.1, 0.15) is 16.1 Å². The van der Waals surface area contributed by atoms with Gasteiger partial charge in [0.05, 0.1) is 12.4 Å². The van der Waals surface area contributed by atoms with Crippen LogP contribution in [0.15, 0.2) is 60.9 Å². The number of amides is 1. The number of rotatable bonds is 5. The predicted molar refractivity (Wildman–Crippen MR) is 90.1 cm³/mol. The molecule has 1 aromatic heterocycles. The van der Waals surface area contributed by atoms with Gasteiger partial charge in [-0.25, -0.2) is 18.7 Å². The van der Waals surface area contributed by atoms with Gasteiger partial charge in [0, 0.05) is 12.2 Å². The van der Waals surface area contributed by atoms with Gasteiger partial charge in [-0.15, -0.1) is 0 Å². The first kappa shape index (κ1) is 16.5. The summed E-state index contributed by atoms with van der Waals surface area (Å²) in [6.45, 7) is 0.448. The van der Waals surface area contributed by atoms with E-state index < -0.39 is 11.7 Å². The molecule has 0 saturated heterocycles. The molecule has 7 heteroatoms. The van der Waals surface area contributed by atoms with Gasteiger partial charge in [0.1, 0.15) is 23.1 Å². The summed E-state index contributed by atoms with van der Waals surface area (Å²) >= 11 is 0. The minimum Gasteiger partial charge on any atom is -0.365 e. The summed E-state index contributed by atoms with van der Waals surface area (Å²) in [5.74, 6) is -0.740. The molecule has 0 bridgehead atoms. The summed E-state index contributed by atoms with van der Waals surface area (Å²) in [4.78, 5) is 20.2. The molecule has 2 aromatic carbocycles. The van der Waals surface area contributed by atoms with Crippen molar-refractivity contribution in [1.29, 1.82) is 0 Å². The molecule has 0 atom stereocenters. The number of anilines is 2. The maximum absolute atomic E-state index is 13.1. The highest BCUT2D eigenvalue weighted by atomic mass is 19.1. The molecule has 25 heavy (non-hydrogen) atoms. The van der Waals surface area contributed by atoms with Gasteiger partial charge in [-0.2, -0.15) is 0 Å². The summed E-state index contributed by atoms with van der Waals surface area (Å²) in [5, 5.41) is 5.57. The van der Waals surface area contributed by atoms with E-state index in [9.17, 15) is 13.6 Å². The number of hydrogen-bond acceptors (Lipinski definition) is 4. The Balaban J connectivity index is 1.59. The number of hydrogen-bond donors (Lipinski definition) is 2. The first-order chi connectivity index (χ1) is 12.1. The zero-order valence-corrected chi connectivity index (χ0v) is 13.0. The summed E-state index contributed by atoms with van der Waals surface area (Å²) in [6.07, 6.45) is 2.74. The van der Waals surface area contributed by atoms with Gasteiger partial charge in [0.2, 0.25) is 0 Å². The molecule has 3 rings (SSSR count).